The van der Waals surface area contributed by atoms with Gasteiger partial charge in [-0.15, -0.1) is 0 Å². The van der Waals surface area contributed by atoms with E-state index in [2.05, 4.69) is 58.4 Å². The zero-order valence-electron chi connectivity index (χ0n) is 17.5. The van der Waals surface area contributed by atoms with Crippen molar-refractivity contribution >= 4 is 11.8 Å². The fourth-order valence-corrected chi connectivity index (χ4v) is 4.48. The molecule has 1 aromatic heterocycles. The van der Waals surface area contributed by atoms with E-state index in [1.807, 2.05) is 6.07 Å². The van der Waals surface area contributed by atoms with Gasteiger partial charge in [0.2, 0.25) is 11.8 Å². The van der Waals surface area contributed by atoms with Crippen LogP contribution in [-0.2, 0) is 4.74 Å². The molecule has 0 amide bonds. The second-order valence-electron chi connectivity index (χ2n) is 8.23. The first-order valence-electron chi connectivity index (χ1n) is 10.5. The van der Waals surface area contributed by atoms with Crippen LogP contribution < -0.4 is 21.1 Å². The van der Waals surface area contributed by atoms with Crippen LogP contribution in [0.4, 0.5) is 11.8 Å². The summed E-state index contributed by atoms with van der Waals surface area (Å²) in [6.07, 6.45) is 4.31. The summed E-state index contributed by atoms with van der Waals surface area (Å²) in [6, 6.07) is 2.31. The third-order valence-corrected chi connectivity index (χ3v) is 6.33. The van der Waals surface area contributed by atoms with Crippen molar-refractivity contribution in [1.29, 1.82) is 0 Å². The second kappa shape index (κ2) is 8.59. The van der Waals surface area contributed by atoms with Gasteiger partial charge in [0.25, 0.3) is 0 Å². The van der Waals surface area contributed by atoms with Crippen LogP contribution in [0, 0.1) is 17.8 Å². The lowest BCUT2D eigenvalue weighted by Gasteiger charge is -2.29. The largest absolute Gasteiger partial charge is 0.476 e. The quantitative estimate of drug-likeness (QED) is 0.666. The Hall–Kier alpha value is -2.32. The van der Waals surface area contributed by atoms with Crippen LogP contribution in [0.3, 0.4) is 0 Å². The molecule has 4 unspecified atom stereocenters. The summed E-state index contributed by atoms with van der Waals surface area (Å²) in [5.41, 5.74) is 8.40. The highest BCUT2D eigenvalue weighted by molar-refractivity contribution is 5.49. The monoisotopic (exact) mass is 400 g/mol. The van der Waals surface area contributed by atoms with E-state index in [9.17, 15) is 0 Å². The summed E-state index contributed by atoms with van der Waals surface area (Å²) >= 11 is 0. The third-order valence-electron chi connectivity index (χ3n) is 6.33. The molecule has 2 aliphatic heterocycles. The molecule has 158 valence electrons. The number of rotatable bonds is 6. The lowest BCUT2D eigenvalue weighted by Crippen LogP contribution is -2.38. The summed E-state index contributed by atoms with van der Waals surface area (Å²) in [5.74, 6) is 2.81. The Labute approximate surface area is 172 Å². The van der Waals surface area contributed by atoms with Gasteiger partial charge in [-0.3, -0.25) is 4.90 Å². The molecule has 8 heteroatoms. The third kappa shape index (κ3) is 4.48. The zero-order chi connectivity index (χ0) is 20.4. The average Bonchev–Trinajstić information content (AvgIpc) is 2.99. The molecule has 4 N–H and O–H groups in total. The van der Waals surface area contributed by atoms with E-state index in [-0.39, 0.29) is 5.95 Å². The smallest absolute Gasteiger partial charge is 0.225 e. The minimum Gasteiger partial charge on any atom is -0.476 e. The summed E-state index contributed by atoms with van der Waals surface area (Å²) in [5, 5.41) is 7.05. The van der Waals surface area contributed by atoms with Gasteiger partial charge in [0, 0.05) is 55.0 Å². The number of anilines is 2. The Morgan fingerprint density at radius 1 is 1.24 bits per heavy atom. The predicted octanol–water partition coefficient (Wildman–Crippen LogP) is 1.84. The van der Waals surface area contributed by atoms with Crippen LogP contribution in [0.1, 0.15) is 20.8 Å². The molecule has 1 aromatic rings. The summed E-state index contributed by atoms with van der Waals surface area (Å²) in [4.78, 5) is 10.9. The van der Waals surface area contributed by atoms with Crippen molar-refractivity contribution in [2.45, 2.75) is 26.8 Å². The minimum atomic E-state index is 0.209. The van der Waals surface area contributed by atoms with Gasteiger partial charge in [-0.2, -0.15) is 9.97 Å². The molecule has 2 fully saturated rings. The molecular formula is C21H32N6O2. The van der Waals surface area contributed by atoms with Gasteiger partial charge >= 0.3 is 0 Å². The van der Waals surface area contributed by atoms with Crippen molar-refractivity contribution in [2.75, 3.05) is 50.5 Å². The Kier molecular flexibility index (Phi) is 5.91. The fraction of sp³-hybridized carbons (Fsp3) is 0.619. The number of ether oxygens (including phenoxy) is 2. The van der Waals surface area contributed by atoms with Gasteiger partial charge in [-0.05, 0) is 25.0 Å². The Morgan fingerprint density at radius 3 is 2.83 bits per heavy atom. The molecule has 2 saturated heterocycles. The van der Waals surface area contributed by atoms with Gasteiger partial charge in [0.15, 0.2) is 0 Å². The molecule has 4 rings (SSSR count). The van der Waals surface area contributed by atoms with Gasteiger partial charge < -0.3 is 25.8 Å². The van der Waals surface area contributed by atoms with E-state index in [0.29, 0.717) is 42.1 Å². The number of allylic oxidation sites excluding steroid dienone is 4. The number of morpholine rings is 1. The van der Waals surface area contributed by atoms with Crippen LogP contribution in [0.5, 0.6) is 5.88 Å². The summed E-state index contributed by atoms with van der Waals surface area (Å²) < 4.78 is 11.2. The molecule has 0 bridgehead atoms. The topological polar surface area (TPSA) is 97.6 Å². The lowest BCUT2D eigenvalue weighted by molar-refractivity contribution is 0.0320. The maximum atomic E-state index is 5.93. The molecule has 8 nitrogen and oxygen atoms in total. The molecule has 29 heavy (non-hydrogen) atoms. The molecule has 0 spiro atoms. The number of aromatic nitrogens is 2. The number of nitrogens with one attached hydrogen (secondary N) is 2. The number of hydrogen-bond acceptors (Lipinski definition) is 8. The van der Waals surface area contributed by atoms with Crippen molar-refractivity contribution in [1.82, 2.24) is 20.2 Å². The van der Waals surface area contributed by atoms with Crippen LogP contribution >= 0.6 is 0 Å². The first-order chi connectivity index (χ1) is 14.0. The molecule has 4 atom stereocenters. The van der Waals surface area contributed by atoms with Gasteiger partial charge in [0.1, 0.15) is 12.4 Å². The van der Waals surface area contributed by atoms with Gasteiger partial charge in [-0.25, -0.2) is 0 Å². The van der Waals surface area contributed by atoms with E-state index in [0.717, 1.165) is 38.5 Å². The normalized spacial score (nSPS) is 29.5. The SMILES string of the molecule is CC1NC2=CC=C(Nc3cc(OCCN4CCOCC4)nc(N)n3)C(C)C2C1C. The number of nitrogens with zero attached hydrogens (tertiary/aromatic N) is 3. The highest BCUT2D eigenvalue weighted by Gasteiger charge is 2.39. The van der Waals surface area contributed by atoms with E-state index >= 15 is 0 Å². The second-order valence-corrected chi connectivity index (χ2v) is 8.23. The minimum absolute atomic E-state index is 0.209. The van der Waals surface area contributed by atoms with Crippen molar-refractivity contribution in [3.05, 3.63) is 29.6 Å². The van der Waals surface area contributed by atoms with E-state index in [1.54, 1.807) is 0 Å². The van der Waals surface area contributed by atoms with Crippen molar-refractivity contribution in [3.63, 3.8) is 0 Å². The lowest BCUT2D eigenvalue weighted by atomic mass is 9.78. The van der Waals surface area contributed by atoms with Crippen LogP contribution in [0.25, 0.3) is 0 Å². The Bertz CT molecular complexity index is 789. The first-order valence-corrected chi connectivity index (χ1v) is 10.5. The van der Waals surface area contributed by atoms with E-state index in [1.165, 1.54) is 5.70 Å². The van der Waals surface area contributed by atoms with Crippen LogP contribution in [0.15, 0.2) is 29.6 Å². The number of nitrogen functional groups attached to an aromatic ring is 1. The zero-order valence-corrected chi connectivity index (χ0v) is 17.5. The molecule has 0 saturated carbocycles. The predicted molar refractivity (Wildman–Crippen MR) is 113 cm³/mol. The van der Waals surface area contributed by atoms with Crippen molar-refractivity contribution in [3.8, 4) is 5.88 Å². The maximum absolute atomic E-state index is 5.93. The van der Waals surface area contributed by atoms with Gasteiger partial charge in [0.05, 0.1) is 13.2 Å². The number of hydrogen-bond donors (Lipinski definition) is 3. The van der Waals surface area contributed by atoms with Gasteiger partial charge in [-0.1, -0.05) is 13.8 Å². The van der Waals surface area contributed by atoms with Crippen LogP contribution in [0.2, 0.25) is 0 Å². The molecule has 3 aliphatic rings. The number of nitrogens with two attached hydrogens (primary N) is 1. The fourth-order valence-electron chi connectivity index (χ4n) is 4.48. The Balaban J connectivity index is 1.39. The first kappa shape index (κ1) is 20.0. The number of fused-ring (bicyclic) bond motifs is 1. The van der Waals surface area contributed by atoms with E-state index in [4.69, 9.17) is 15.2 Å². The molecule has 3 heterocycles. The van der Waals surface area contributed by atoms with Crippen LogP contribution in [-0.4, -0.2) is 60.4 Å². The maximum Gasteiger partial charge on any atom is 0.225 e. The molecule has 1 aliphatic carbocycles. The summed E-state index contributed by atoms with van der Waals surface area (Å²) in [7, 11) is 0. The van der Waals surface area contributed by atoms with Crippen molar-refractivity contribution < 1.29 is 9.47 Å². The Morgan fingerprint density at radius 2 is 2.03 bits per heavy atom. The highest BCUT2D eigenvalue weighted by Crippen LogP contribution is 2.41. The van der Waals surface area contributed by atoms with E-state index < -0.39 is 0 Å². The summed E-state index contributed by atoms with van der Waals surface area (Å²) in [6.45, 7) is 11.7. The standard InChI is InChI=1S/C21H32N6O2/c1-13-15(3)23-17-5-4-16(14(2)20(13)17)24-18-12-19(26-21(22)25-18)29-11-8-27-6-9-28-10-7-27/h4-5,12-15,20,23H,6-11H2,1-3H3,(H3,22,24,25,26). The molecule has 0 radical (unpaired) electrons. The van der Waals surface area contributed by atoms with Crippen molar-refractivity contribution in [2.24, 2.45) is 17.8 Å². The molecular weight excluding hydrogens is 368 g/mol. The molecule has 0 aromatic carbocycles. The highest BCUT2D eigenvalue weighted by atomic mass is 16.5. The average molecular weight is 401 g/mol.